The molecule has 96 valence electrons. The molecule has 2 N–H and O–H groups in total. The first-order valence-electron chi connectivity index (χ1n) is 5.91. The van der Waals surface area contributed by atoms with Crippen LogP contribution >= 0.6 is 0 Å². The van der Waals surface area contributed by atoms with Crippen LogP contribution in [0.25, 0.3) is 0 Å². The first kappa shape index (κ1) is 11.9. The summed E-state index contributed by atoms with van der Waals surface area (Å²) in [6.07, 6.45) is 0. The van der Waals surface area contributed by atoms with Crippen molar-refractivity contribution in [2.75, 3.05) is 10.6 Å². The fourth-order valence-electron chi connectivity index (χ4n) is 2.29. The monoisotopic (exact) mass is 263 g/mol. The average Bonchev–Trinajstić information content (AvgIpc) is 2.72. The van der Waals surface area contributed by atoms with Crippen molar-refractivity contribution >= 4 is 23.2 Å². The van der Waals surface area contributed by atoms with Crippen molar-refractivity contribution in [3.63, 3.8) is 0 Å². The molecule has 5 heteroatoms. The molecule has 3 rings (SSSR count). The number of fused-ring (bicyclic) bond motifs is 1. The molecule has 2 aromatic rings. The van der Waals surface area contributed by atoms with Crippen molar-refractivity contribution in [1.82, 2.24) is 0 Å². The second-order valence-electron chi connectivity index (χ2n) is 4.34. The summed E-state index contributed by atoms with van der Waals surface area (Å²) < 4.78 is 0. The van der Waals surface area contributed by atoms with Crippen LogP contribution in [0.5, 0.6) is 0 Å². The summed E-state index contributed by atoms with van der Waals surface area (Å²) in [5.41, 5.74) is 7.04. The Morgan fingerprint density at radius 3 is 2.45 bits per heavy atom. The van der Waals surface area contributed by atoms with Gasteiger partial charge in [0.2, 0.25) is 0 Å². The van der Waals surface area contributed by atoms with Crippen molar-refractivity contribution in [2.45, 2.75) is 0 Å². The molecule has 0 bridgehead atoms. The lowest BCUT2D eigenvalue weighted by molar-refractivity contribution is 0.0926. The Bertz CT molecular complexity index is 790. The number of nitriles is 1. The molecule has 0 fully saturated rings. The van der Waals surface area contributed by atoms with Crippen LogP contribution in [0, 0.1) is 11.3 Å². The van der Waals surface area contributed by atoms with Crippen LogP contribution in [0.1, 0.15) is 26.3 Å². The zero-order valence-electron chi connectivity index (χ0n) is 10.3. The number of rotatable bonds is 1. The van der Waals surface area contributed by atoms with E-state index < -0.39 is 11.8 Å². The third kappa shape index (κ3) is 1.49. The number of anilines is 2. The number of imide groups is 1. The number of hydrogen-bond acceptors (Lipinski definition) is 4. The molecule has 1 heterocycles. The average molecular weight is 263 g/mol. The number of nitrogens with two attached hydrogens (primary N) is 1. The summed E-state index contributed by atoms with van der Waals surface area (Å²) >= 11 is 0. The van der Waals surface area contributed by atoms with Gasteiger partial charge in [0.15, 0.2) is 0 Å². The zero-order chi connectivity index (χ0) is 14.3. The Labute approximate surface area is 114 Å². The Kier molecular flexibility index (Phi) is 2.51. The summed E-state index contributed by atoms with van der Waals surface area (Å²) in [6, 6.07) is 13.2. The molecule has 0 radical (unpaired) electrons. The highest BCUT2D eigenvalue weighted by molar-refractivity contribution is 6.36. The predicted octanol–water partition coefficient (Wildman–Crippen LogP) is 1.94. The molecule has 1 aliphatic rings. The summed E-state index contributed by atoms with van der Waals surface area (Å²) in [7, 11) is 0. The lowest BCUT2D eigenvalue weighted by Crippen LogP contribution is -2.30. The van der Waals surface area contributed by atoms with Crippen LogP contribution in [0.2, 0.25) is 0 Å². The third-order valence-corrected chi connectivity index (χ3v) is 3.21. The van der Waals surface area contributed by atoms with Gasteiger partial charge in [-0.25, -0.2) is 4.90 Å². The molecule has 0 spiro atoms. The van der Waals surface area contributed by atoms with Gasteiger partial charge < -0.3 is 5.73 Å². The van der Waals surface area contributed by atoms with E-state index in [2.05, 4.69) is 0 Å². The summed E-state index contributed by atoms with van der Waals surface area (Å²) in [5.74, 6) is -0.953. The van der Waals surface area contributed by atoms with Gasteiger partial charge in [0, 0.05) is 5.69 Å². The molecule has 20 heavy (non-hydrogen) atoms. The molecule has 0 atom stereocenters. The molecule has 2 aromatic carbocycles. The Balaban J connectivity index is 2.21. The number of para-hydroxylation sites is 1. The minimum Gasteiger partial charge on any atom is -0.398 e. The van der Waals surface area contributed by atoms with E-state index in [0.717, 1.165) is 4.90 Å². The minimum absolute atomic E-state index is 0.199. The maximum atomic E-state index is 12.4. The van der Waals surface area contributed by atoms with E-state index in [0.29, 0.717) is 0 Å². The summed E-state index contributed by atoms with van der Waals surface area (Å²) in [5, 5.41) is 9.10. The molecule has 2 amide bonds. The maximum absolute atomic E-state index is 12.4. The molecular formula is C15H9N3O2. The Morgan fingerprint density at radius 2 is 1.75 bits per heavy atom. The van der Waals surface area contributed by atoms with E-state index in [4.69, 9.17) is 11.0 Å². The van der Waals surface area contributed by atoms with E-state index >= 15 is 0 Å². The van der Waals surface area contributed by atoms with Crippen LogP contribution in [0.3, 0.4) is 0 Å². The lowest BCUT2D eigenvalue weighted by Gasteiger charge is -2.15. The van der Waals surface area contributed by atoms with Crippen LogP contribution in [0.4, 0.5) is 11.4 Å². The molecule has 1 aliphatic heterocycles. The third-order valence-electron chi connectivity index (χ3n) is 3.21. The number of amides is 2. The maximum Gasteiger partial charge on any atom is 0.268 e. The predicted molar refractivity (Wildman–Crippen MR) is 73.2 cm³/mol. The molecular weight excluding hydrogens is 254 g/mol. The van der Waals surface area contributed by atoms with Crippen molar-refractivity contribution in [3.05, 3.63) is 59.2 Å². The molecule has 0 saturated heterocycles. The van der Waals surface area contributed by atoms with Gasteiger partial charge in [0.1, 0.15) is 6.07 Å². The van der Waals surface area contributed by atoms with Crippen LogP contribution in [0.15, 0.2) is 42.5 Å². The standard InChI is InChI=1S/C15H9N3O2/c16-8-9-4-1-2-7-12(9)18-14(19)10-5-3-6-11(17)13(10)15(18)20/h1-7H,17H2. The highest BCUT2D eigenvalue weighted by Gasteiger charge is 2.38. The van der Waals surface area contributed by atoms with E-state index in [1.165, 1.54) is 0 Å². The molecule has 0 unspecified atom stereocenters. The van der Waals surface area contributed by atoms with Gasteiger partial charge in [0.25, 0.3) is 11.8 Å². The van der Waals surface area contributed by atoms with Crippen molar-refractivity contribution in [3.8, 4) is 6.07 Å². The van der Waals surface area contributed by atoms with Gasteiger partial charge in [0.05, 0.1) is 22.4 Å². The number of carbonyl (C=O) groups excluding carboxylic acids is 2. The van der Waals surface area contributed by atoms with E-state index in [9.17, 15) is 9.59 Å². The topological polar surface area (TPSA) is 87.2 Å². The van der Waals surface area contributed by atoms with Gasteiger partial charge >= 0.3 is 0 Å². The number of hydrogen-bond donors (Lipinski definition) is 1. The van der Waals surface area contributed by atoms with E-state index in [1.807, 2.05) is 6.07 Å². The molecule has 0 aromatic heterocycles. The van der Waals surface area contributed by atoms with Gasteiger partial charge in [-0.05, 0) is 24.3 Å². The van der Waals surface area contributed by atoms with Gasteiger partial charge in [-0.2, -0.15) is 5.26 Å². The summed E-state index contributed by atoms with van der Waals surface area (Å²) in [6.45, 7) is 0. The molecule has 5 nitrogen and oxygen atoms in total. The fourth-order valence-corrected chi connectivity index (χ4v) is 2.29. The first-order chi connectivity index (χ1) is 9.65. The normalized spacial score (nSPS) is 13.2. The van der Waals surface area contributed by atoms with Crippen molar-refractivity contribution < 1.29 is 9.59 Å². The van der Waals surface area contributed by atoms with Crippen molar-refractivity contribution in [1.29, 1.82) is 5.26 Å². The highest BCUT2D eigenvalue weighted by atomic mass is 16.2. The number of nitrogens with zero attached hydrogens (tertiary/aromatic N) is 2. The van der Waals surface area contributed by atoms with Crippen molar-refractivity contribution in [2.24, 2.45) is 0 Å². The zero-order valence-corrected chi connectivity index (χ0v) is 10.3. The van der Waals surface area contributed by atoms with Gasteiger partial charge in [-0.1, -0.05) is 18.2 Å². The first-order valence-corrected chi connectivity index (χ1v) is 5.91. The van der Waals surface area contributed by atoms with E-state index in [-0.39, 0.29) is 28.1 Å². The Morgan fingerprint density at radius 1 is 1.00 bits per heavy atom. The van der Waals surface area contributed by atoms with Gasteiger partial charge in [-0.15, -0.1) is 0 Å². The highest BCUT2D eigenvalue weighted by Crippen LogP contribution is 2.32. The largest absolute Gasteiger partial charge is 0.398 e. The smallest absolute Gasteiger partial charge is 0.268 e. The quantitative estimate of drug-likeness (QED) is 0.629. The van der Waals surface area contributed by atoms with E-state index in [1.54, 1.807) is 42.5 Å². The molecule has 0 saturated carbocycles. The summed E-state index contributed by atoms with van der Waals surface area (Å²) in [4.78, 5) is 25.8. The second kappa shape index (κ2) is 4.21. The van der Waals surface area contributed by atoms with Crippen LogP contribution in [-0.2, 0) is 0 Å². The SMILES string of the molecule is N#Cc1ccccc1N1C(=O)c2cccc(N)c2C1=O. The van der Waals surface area contributed by atoms with Crippen LogP contribution < -0.4 is 10.6 Å². The minimum atomic E-state index is -0.495. The molecule has 0 aliphatic carbocycles. The fraction of sp³-hybridized carbons (Fsp3) is 0. The lowest BCUT2D eigenvalue weighted by atomic mass is 10.1. The second-order valence-corrected chi connectivity index (χ2v) is 4.34. The Hall–Kier alpha value is -3.13. The number of benzene rings is 2. The number of nitrogen functional groups attached to an aromatic ring is 1. The van der Waals surface area contributed by atoms with Gasteiger partial charge in [-0.3, -0.25) is 9.59 Å². The van der Waals surface area contributed by atoms with Crippen LogP contribution in [-0.4, -0.2) is 11.8 Å². The number of carbonyl (C=O) groups is 2.